The van der Waals surface area contributed by atoms with E-state index < -0.39 is 34.8 Å². The first-order valence-corrected chi connectivity index (χ1v) is 8.17. The summed E-state index contributed by atoms with van der Waals surface area (Å²) in [6.07, 6.45) is 1.26. The van der Waals surface area contributed by atoms with Crippen molar-refractivity contribution in [2.24, 2.45) is 5.41 Å². The van der Waals surface area contributed by atoms with Crippen molar-refractivity contribution in [2.45, 2.75) is 51.8 Å². The fourth-order valence-electron chi connectivity index (χ4n) is 3.10. The minimum atomic E-state index is -1.44. The molecule has 0 radical (unpaired) electrons. The Balaban J connectivity index is 2.06. The molecule has 3 atom stereocenters. The number of carbonyl (C=O) groups excluding carboxylic acids is 2. The second-order valence-corrected chi connectivity index (χ2v) is 6.74. The van der Waals surface area contributed by atoms with Crippen LogP contribution < -0.4 is 10.6 Å². The van der Waals surface area contributed by atoms with Gasteiger partial charge >= 0.3 is 5.97 Å². The lowest BCUT2D eigenvalue weighted by molar-refractivity contribution is -0.194. The van der Waals surface area contributed by atoms with Crippen molar-refractivity contribution >= 4 is 17.8 Å². The van der Waals surface area contributed by atoms with E-state index in [9.17, 15) is 19.5 Å². The zero-order valence-corrected chi connectivity index (χ0v) is 14.8. The summed E-state index contributed by atoms with van der Waals surface area (Å²) >= 11 is 0. The van der Waals surface area contributed by atoms with E-state index in [2.05, 4.69) is 10.6 Å². The average Bonchev–Trinajstić information content (AvgIpc) is 3.07. The molecule has 0 aliphatic heterocycles. The summed E-state index contributed by atoms with van der Waals surface area (Å²) in [5.74, 6) is -2.17. The summed E-state index contributed by atoms with van der Waals surface area (Å²) in [6.45, 7) is 7.28. The van der Waals surface area contributed by atoms with Gasteiger partial charge in [0.2, 0.25) is 5.91 Å². The predicted octanol–water partition coefficient (Wildman–Crippen LogP) is 1.17. The second-order valence-electron chi connectivity index (χ2n) is 6.74. The minimum Gasteiger partial charge on any atom is -0.479 e. The van der Waals surface area contributed by atoms with Crippen LogP contribution in [0.1, 0.15) is 44.7 Å². The van der Waals surface area contributed by atoms with Crippen LogP contribution in [0.2, 0.25) is 0 Å². The largest absolute Gasteiger partial charge is 0.479 e. The summed E-state index contributed by atoms with van der Waals surface area (Å²) in [5.41, 5.74) is -2.22. The van der Waals surface area contributed by atoms with Crippen LogP contribution in [0.4, 0.5) is 0 Å². The van der Waals surface area contributed by atoms with Crippen LogP contribution in [0.5, 0.6) is 0 Å². The number of ether oxygens (including phenoxy) is 1. The molecule has 3 N–H and O–H groups in total. The van der Waals surface area contributed by atoms with Crippen LogP contribution in [0, 0.1) is 5.41 Å². The molecule has 2 amide bonds. The summed E-state index contributed by atoms with van der Waals surface area (Å²) in [5, 5.41) is 14.8. The lowest BCUT2D eigenvalue weighted by Crippen LogP contribution is -2.77. The zero-order chi connectivity index (χ0) is 18.8. The lowest BCUT2D eigenvalue weighted by atomic mass is 9.54. The van der Waals surface area contributed by atoms with Crippen molar-refractivity contribution < 1.29 is 28.6 Å². The van der Waals surface area contributed by atoms with Gasteiger partial charge in [-0.25, -0.2) is 4.79 Å². The predicted molar refractivity (Wildman–Crippen MR) is 88.0 cm³/mol. The fraction of sp³-hybridized carbons (Fsp3) is 0.588. The number of carbonyl (C=O) groups is 3. The highest BCUT2D eigenvalue weighted by Crippen LogP contribution is 2.51. The molecule has 1 heterocycles. The highest BCUT2D eigenvalue weighted by Gasteiger charge is 2.66. The molecular weight excluding hydrogens is 328 g/mol. The third kappa shape index (κ3) is 3.26. The lowest BCUT2D eigenvalue weighted by Gasteiger charge is -2.58. The van der Waals surface area contributed by atoms with Crippen LogP contribution in [-0.2, 0) is 14.3 Å². The van der Waals surface area contributed by atoms with Crippen molar-refractivity contribution in [3.05, 3.63) is 24.2 Å². The molecule has 1 fully saturated rings. The van der Waals surface area contributed by atoms with Crippen LogP contribution in [0.15, 0.2) is 22.8 Å². The third-order valence-electron chi connectivity index (χ3n) is 4.95. The van der Waals surface area contributed by atoms with E-state index in [1.807, 2.05) is 6.92 Å². The number of carboxylic acids is 1. The second kappa shape index (κ2) is 6.87. The SMILES string of the molecule is CCOC1CC(NC(=O)C(C)NC(=O)c2ccco2)(C(=O)O)C1(C)C. The summed E-state index contributed by atoms with van der Waals surface area (Å²) in [4.78, 5) is 36.3. The molecule has 8 heteroatoms. The standard InChI is InChI=1S/C17H24N2O6/c1-5-24-12-9-17(15(22)23,16(12,3)4)19-13(20)10(2)18-14(21)11-7-6-8-25-11/h6-8,10,12H,5,9H2,1-4H3,(H,18,21)(H,19,20)(H,22,23). The maximum absolute atomic E-state index is 12.5. The van der Waals surface area contributed by atoms with Gasteiger partial charge in [0.1, 0.15) is 11.6 Å². The molecule has 1 aromatic heterocycles. The van der Waals surface area contributed by atoms with Gasteiger partial charge < -0.3 is 24.9 Å². The molecule has 25 heavy (non-hydrogen) atoms. The van der Waals surface area contributed by atoms with Crippen LogP contribution >= 0.6 is 0 Å². The highest BCUT2D eigenvalue weighted by atomic mass is 16.5. The molecule has 0 aromatic carbocycles. The fourth-order valence-corrected chi connectivity index (χ4v) is 3.10. The number of nitrogens with one attached hydrogen (secondary N) is 2. The number of hydrogen-bond acceptors (Lipinski definition) is 5. The van der Waals surface area contributed by atoms with Gasteiger partial charge in [0.05, 0.1) is 12.4 Å². The maximum atomic E-state index is 12.5. The van der Waals surface area contributed by atoms with E-state index >= 15 is 0 Å². The van der Waals surface area contributed by atoms with Gasteiger partial charge in [-0.2, -0.15) is 0 Å². The normalized spacial score (nSPS) is 25.5. The van der Waals surface area contributed by atoms with Crippen LogP contribution in [0.25, 0.3) is 0 Å². The summed E-state index contributed by atoms with van der Waals surface area (Å²) in [6, 6.07) is 2.11. The van der Waals surface area contributed by atoms with Gasteiger partial charge in [-0.1, -0.05) is 13.8 Å². The van der Waals surface area contributed by atoms with Crippen LogP contribution in [-0.4, -0.2) is 47.2 Å². The van der Waals surface area contributed by atoms with E-state index in [1.165, 1.54) is 19.3 Å². The Hall–Kier alpha value is -2.35. The van der Waals surface area contributed by atoms with E-state index in [4.69, 9.17) is 9.15 Å². The first kappa shape index (κ1) is 19.0. The monoisotopic (exact) mass is 352 g/mol. The molecular formula is C17H24N2O6. The van der Waals surface area contributed by atoms with Gasteiger partial charge in [0.25, 0.3) is 5.91 Å². The molecule has 138 valence electrons. The molecule has 0 saturated heterocycles. The third-order valence-corrected chi connectivity index (χ3v) is 4.95. The van der Waals surface area contributed by atoms with Gasteiger partial charge in [-0.3, -0.25) is 9.59 Å². The molecule has 1 aliphatic rings. The number of furan rings is 1. The molecule has 0 bridgehead atoms. The Morgan fingerprint density at radius 1 is 1.44 bits per heavy atom. The van der Waals surface area contributed by atoms with Crippen LogP contribution in [0.3, 0.4) is 0 Å². The Kier molecular flexibility index (Phi) is 5.22. The molecule has 0 spiro atoms. The van der Waals surface area contributed by atoms with Gasteiger partial charge in [-0.15, -0.1) is 0 Å². The first-order chi connectivity index (χ1) is 11.7. The average molecular weight is 352 g/mol. The molecule has 1 aromatic rings. The van der Waals surface area contributed by atoms with E-state index in [0.29, 0.717) is 6.61 Å². The maximum Gasteiger partial charge on any atom is 0.330 e. The zero-order valence-electron chi connectivity index (χ0n) is 14.8. The van der Waals surface area contributed by atoms with Crippen molar-refractivity contribution in [1.82, 2.24) is 10.6 Å². The summed E-state index contributed by atoms with van der Waals surface area (Å²) < 4.78 is 10.5. The van der Waals surface area contributed by atoms with Crippen molar-refractivity contribution in [1.29, 1.82) is 0 Å². The van der Waals surface area contributed by atoms with Crippen molar-refractivity contribution in [2.75, 3.05) is 6.61 Å². The number of aliphatic carboxylic acids is 1. The smallest absolute Gasteiger partial charge is 0.330 e. The summed E-state index contributed by atoms with van der Waals surface area (Å²) in [7, 11) is 0. The quantitative estimate of drug-likeness (QED) is 0.678. The molecule has 3 unspecified atom stereocenters. The molecule has 8 nitrogen and oxygen atoms in total. The van der Waals surface area contributed by atoms with Gasteiger partial charge in [-0.05, 0) is 26.0 Å². The van der Waals surface area contributed by atoms with E-state index in [-0.39, 0.29) is 18.3 Å². The molecule has 2 rings (SSSR count). The van der Waals surface area contributed by atoms with E-state index in [0.717, 1.165) is 0 Å². The first-order valence-electron chi connectivity index (χ1n) is 8.17. The Morgan fingerprint density at radius 3 is 2.60 bits per heavy atom. The number of hydrogen-bond donors (Lipinski definition) is 3. The number of amides is 2. The number of carboxylic acid groups (broad SMARTS) is 1. The van der Waals surface area contributed by atoms with Crippen molar-refractivity contribution in [3.8, 4) is 0 Å². The highest BCUT2D eigenvalue weighted by molar-refractivity contribution is 5.97. The van der Waals surface area contributed by atoms with Gasteiger partial charge in [0.15, 0.2) is 5.76 Å². The van der Waals surface area contributed by atoms with E-state index in [1.54, 1.807) is 19.9 Å². The Morgan fingerprint density at radius 2 is 2.12 bits per heavy atom. The number of rotatable bonds is 7. The van der Waals surface area contributed by atoms with Gasteiger partial charge in [0, 0.05) is 18.4 Å². The Bertz CT molecular complexity index is 654. The molecule has 1 saturated carbocycles. The van der Waals surface area contributed by atoms with Crippen molar-refractivity contribution in [3.63, 3.8) is 0 Å². The molecule has 1 aliphatic carbocycles. The minimum absolute atomic E-state index is 0.0768. The Labute approximate surface area is 145 Å². The topological polar surface area (TPSA) is 118 Å².